The van der Waals surface area contributed by atoms with Gasteiger partial charge in [0.25, 0.3) is 5.91 Å². The first-order chi connectivity index (χ1) is 12.8. The van der Waals surface area contributed by atoms with Crippen LogP contribution in [0, 0.1) is 0 Å². The van der Waals surface area contributed by atoms with E-state index in [0.29, 0.717) is 17.8 Å². The number of aromatic nitrogens is 1. The van der Waals surface area contributed by atoms with Gasteiger partial charge >= 0.3 is 6.18 Å². The van der Waals surface area contributed by atoms with Gasteiger partial charge in [-0.25, -0.2) is 0 Å². The summed E-state index contributed by atoms with van der Waals surface area (Å²) in [4.78, 5) is 15.2. The maximum absolute atomic E-state index is 13.2. The molecule has 1 aromatic carbocycles. The number of nitrogens with two attached hydrogens (primary N) is 1. The fourth-order valence-corrected chi connectivity index (χ4v) is 3.77. The first-order valence-corrected chi connectivity index (χ1v) is 8.98. The van der Waals surface area contributed by atoms with Gasteiger partial charge in [-0.2, -0.15) is 13.2 Å². The van der Waals surface area contributed by atoms with Gasteiger partial charge in [-0.1, -0.05) is 37.5 Å². The summed E-state index contributed by atoms with van der Waals surface area (Å²) in [5.74, 6) is -0.621. The number of hydrogen-bond acceptors (Lipinski definition) is 3. The number of halogens is 3. The lowest BCUT2D eigenvalue weighted by Crippen LogP contribution is -2.37. The number of benzene rings is 1. The number of hydrogen-bond donors (Lipinski definition) is 2. The van der Waals surface area contributed by atoms with E-state index in [-0.39, 0.29) is 11.1 Å². The molecule has 0 saturated heterocycles. The molecule has 1 fully saturated rings. The lowest BCUT2D eigenvalue weighted by atomic mass is 9.69. The van der Waals surface area contributed by atoms with Crippen molar-refractivity contribution in [3.63, 3.8) is 0 Å². The zero-order chi connectivity index (χ0) is 19.5. The molecule has 0 bridgehead atoms. The van der Waals surface area contributed by atoms with Crippen molar-refractivity contribution < 1.29 is 18.0 Å². The second kappa shape index (κ2) is 7.58. The van der Waals surface area contributed by atoms with Crippen LogP contribution in [-0.2, 0) is 11.6 Å². The van der Waals surface area contributed by atoms with Gasteiger partial charge in [0.05, 0.1) is 5.56 Å². The summed E-state index contributed by atoms with van der Waals surface area (Å²) in [6.45, 7) is 0.483. The second-order valence-electron chi connectivity index (χ2n) is 7.07. The molecule has 0 aliphatic heterocycles. The van der Waals surface area contributed by atoms with Crippen LogP contribution in [-0.4, -0.2) is 17.4 Å². The minimum atomic E-state index is -4.36. The molecule has 1 saturated carbocycles. The molecule has 1 aromatic heterocycles. The van der Waals surface area contributed by atoms with E-state index in [1.807, 2.05) is 0 Å². The minimum absolute atomic E-state index is 0.150. The molecule has 3 rings (SSSR count). The summed E-state index contributed by atoms with van der Waals surface area (Å²) in [5, 5.41) is 3.28. The molecule has 1 amide bonds. The molecule has 1 aliphatic carbocycles. The minimum Gasteiger partial charge on any atom is -0.384 e. The van der Waals surface area contributed by atoms with Crippen LogP contribution in [0.2, 0.25) is 0 Å². The van der Waals surface area contributed by atoms with Crippen molar-refractivity contribution in [2.24, 2.45) is 5.73 Å². The lowest BCUT2D eigenvalue weighted by Gasteiger charge is -2.38. The molecule has 7 heteroatoms. The molecule has 0 unspecified atom stereocenters. The SMILES string of the molecule is NC(=O)c1cc(NCC2(c3cccc(C(F)(F)F)c3)CCCCC2)ccn1. The molecule has 0 radical (unpaired) electrons. The molecule has 0 atom stereocenters. The summed E-state index contributed by atoms with van der Waals surface area (Å²) in [6, 6.07) is 8.92. The van der Waals surface area contributed by atoms with E-state index >= 15 is 0 Å². The highest BCUT2D eigenvalue weighted by Gasteiger charge is 2.37. The first kappa shape index (κ1) is 19.2. The van der Waals surface area contributed by atoms with E-state index in [1.54, 1.807) is 18.2 Å². The third-order valence-corrected chi connectivity index (χ3v) is 5.26. The van der Waals surface area contributed by atoms with Gasteiger partial charge in [0.2, 0.25) is 0 Å². The molecule has 0 spiro atoms. The summed E-state index contributed by atoms with van der Waals surface area (Å²) in [7, 11) is 0. The summed E-state index contributed by atoms with van der Waals surface area (Å²) < 4.78 is 39.5. The van der Waals surface area contributed by atoms with Crippen LogP contribution >= 0.6 is 0 Å². The third kappa shape index (κ3) is 4.40. The summed E-state index contributed by atoms with van der Waals surface area (Å²) in [5.41, 5.74) is 5.79. The zero-order valence-corrected chi connectivity index (χ0v) is 14.9. The van der Waals surface area contributed by atoms with Gasteiger partial charge in [-0.05, 0) is 36.6 Å². The van der Waals surface area contributed by atoms with Crippen molar-refractivity contribution in [2.75, 3.05) is 11.9 Å². The number of nitrogens with zero attached hydrogens (tertiary/aromatic N) is 1. The first-order valence-electron chi connectivity index (χ1n) is 8.98. The zero-order valence-electron chi connectivity index (χ0n) is 14.9. The number of pyridine rings is 1. The van der Waals surface area contributed by atoms with Crippen LogP contribution in [0.5, 0.6) is 0 Å². The highest BCUT2D eigenvalue weighted by atomic mass is 19.4. The molecule has 4 nitrogen and oxygen atoms in total. The van der Waals surface area contributed by atoms with E-state index in [9.17, 15) is 18.0 Å². The van der Waals surface area contributed by atoms with Crippen LogP contribution in [0.15, 0.2) is 42.6 Å². The Morgan fingerprint density at radius 1 is 1.15 bits per heavy atom. The average molecular weight is 377 g/mol. The number of primary amides is 1. The van der Waals surface area contributed by atoms with E-state index < -0.39 is 17.6 Å². The number of nitrogens with one attached hydrogen (secondary N) is 1. The van der Waals surface area contributed by atoms with Crippen molar-refractivity contribution in [3.05, 3.63) is 59.4 Å². The van der Waals surface area contributed by atoms with Gasteiger partial charge in [-0.15, -0.1) is 0 Å². The Hall–Kier alpha value is -2.57. The number of carbonyl (C=O) groups is 1. The maximum atomic E-state index is 13.2. The number of carbonyl (C=O) groups excluding carboxylic acids is 1. The standard InChI is InChI=1S/C20H22F3N3O/c21-20(22,23)15-6-4-5-14(11-15)19(8-2-1-3-9-19)13-26-16-7-10-25-17(12-16)18(24)27/h4-7,10-12H,1-3,8-9,13H2,(H2,24,27)(H,25,26). The molecular formula is C20H22F3N3O. The van der Waals surface area contributed by atoms with Gasteiger partial charge in [0.1, 0.15) is 5.69 Å². The number of alkyl halides is 3. The van der Waals surface area contributed by atoms with Crippen molar-refractivity contribution >= 4 is 11.6 Å². The van der Waals surface area contributed by atoms with Crippen molar-refractivity contribution in [3.8, 4) is 0 Å². The highest BCUT2D eigenvalue weighted by Crippen LogP contribution is 2.41. The van der Waals surface area contributed by atoms with Crippen molar-refractivity contribution in [2.45, 2.75) is 43.7 Å². The maximum Gasteiger partial charge on any atom is 0.416 e. The van der Waals surface area contributed by atoms with Crippen molar-refractivity contribution in [1.82, 2.24) is 4.98 Å². The van der Waals surface area contributed by atoms with Gasteiger partial charge in [0, 0.05) is 23.8 Å². The third-order valence-electron chi connectivity index (χ3n) is 5.26. The Balaban J connectivity index is 1.88. The predicted octanol–water partition coefficient (Wildman–Crippen LogP) is 4.51. The second-order valence-corrected chi connectivity index (χ2v) is 7.07. The molecule has 1 heterocycles. The Bertz CT molecular complexity index is 814. The molecular weight excluding hydrogens is 355 g/mol. The number of rotatable bonds is 5. The summed E-state index contributed by atoms with van der Waals surface area (Å²) in [6.07, 6.45) is 1.79. The van der Waals surface area contributed by atoms with Crippen LogP contribution in [0.3, 0.4) is 0 Å². The van der Waals surface area contributed by atoms with Gasteiger partial charge < -0.3 is 11.1 Å². The quantitative estimate of drug-likeness (QED) is 0.805. The Morgan fingerprint density at radius 2 is 1.89 bits per heavy atom. The van der Waals surface area contributed by atoms with E-state index in [0.717, 1.165) is 38.2 Å². The predicted molar refractivity (Wildman–Crippen MR) is 97.5 cm³/mol. The largest absolute Gasteiger partial charge is 0.416 e. The number of anilines is 1. The molecule has 3 N–H and O–H groups in total. The van der Waals surface area contributed by atoms with Gasteiger partial charge in [0.15, 0.2) is 0 Å². The van der Waals surface area contributed by atoms with Crippen LogP contribution < -0.4 is 11.1 Å². The smallest absolute Gasteiger partial charge is 0.384 e. The Kier molecular flexibility index (Phi) is 5.39. The fraction of sp³-hybridized carbons (Fsp3) is 0.400. The van der Waals surface area contributed by atoms with Crippen LogP contribution in [0.4, 0.5) is 18.9 Å². The van der Waals surface area contributed by atoms with E-state index in [1.165, 1.54) is 18.3 Å². The Labute approximate surface area is 156 Å². The van der Waals surface area contributed by atoms with Crippen LogP contribution in [0.25, 0.3) is 0 Å². The topological polar surface area (TPSA) is 68.0 Å². The Morgan fingerprint density at radius 3 is 2.56 bits per heavy atom. The normalized spacial score (nSPS) is 16.7. The fourth-order valence-electron chi connectivity index (χ4n) is 3.77. The van der Waals surface area contributed by atoms with E-state index in [4.69, 9.17) is 5.73 Å². The average Bonchev–Trinajstić information content (AvgIpc) is 2.67. The number of amides is 1. The molecule has 27 heavy (non-hydrogen) atoms. The van der Waals surface area contributed by atoms with Gasteiger partial charge in [-0.3, -0.25) is 9.78 Å². The molecule has 1 aliphatic rings. The van der Waals surface area contributed by atoms with Crippen molar-refractivity contribution in [1.29, 1.82) is 0 Å². The van der Waals surface area contributed by atoms with Crippen LogP contribution in [0.1, 0.15) is 53.7 Å². The molecule has 144 valence electrons. The van der Waals surface area contributed by atoms with E-state index in [2.05, 4.69) is 10.3 Å². The lowest BCUT2D eigenvalue weighted by molar-refractivity contribution is -0.137. The molecule has 2 aromatic rings. The monoisotopic (exact) mass is 377 g/mol. The summed E-state index contributed by atoms with van der Waals surface area (Å²) >= 11 is 0. The highest BCUT2D eigenvalue weighted by molar-refractivity contribution is 5.91.